The fourth-order valence-electron chi connectivity index (χ4n) is 9.15. The molecular weight excluding hydrogens is 567 g/mol. The fraction of sp³-hybridized carbons (Fsp3) is 0.0435. The Balaban J connectivity index is 1.20. The molecule has 0 radical (unpaired) electrons. The highest BCUT2D eigenvalue weighted by molar-refractivity contribution is 6.17. The van der Waals surface area contributed by atoms with Crippen LogP contribution in [-0.2, 0) is 11.8 Å². The Kier molecular flexibility index (Phi) is 4.89. The Morgan fingerprint density at radius 1 is 0.404 bits per heavy atom. The Bertz CT molecular complexity index is 2700. The van der Waals surface area contributed by atoms with Gasteiger partial charge in [0.15, 0.2) is 0 Å². The lowest BCUT2D eigenvalue weighted by molar-refractivity contribution is 0.796. The number of aromatic nitrogens is 1. The number of fused-ring (bicyclic) bond motifs is 10. The summed E-state index contributed by atoms with van der Waals surface area (Å²) in [6.45, 7) is 0. The second-order valence-electron chi connectivity index (χ2n) is 13.3. The maximum absolute atomic E-state index is 2.50. The van der Waals surface area contributed by atoms with E-state index in [1.54, 1.807) is 0 Å². The molecule has 11 rings (SSSR count). The van der Waals surface area contributed by atoms with Crippen molar-refractivity contribution in [2.24, 2.45) is 0 Å². The molecule has 1 heterocycles. The summed E-state index contributed by atoms with van der Waals surface area (Å²) >= 11 is 0. The first kappa shape index (κ1) is 25.3. The van der Waals surface area contributed by atoms with Gasteiger partial charge in [-0.1, -0.05) is 133 Å². The van der Waals surface area contributed by atoms with E-state index in [4.69, 9.17) is 0 Å². The molecule has 9 aromatic rings. The summed E-state index contributed by atoms with van der Waals surface area (Å²) in [5.74, 6) is 0. The molecule has 0 saturated carbocycles. The van der Waals surface area contributed by atoms with Gasteiger partial charge >= 0.3 is 0 Å². The smallest absolute Gasteiger partial charge is 0.0726 e. The van der Waals surface area contributed by atoms with E-state index in [0.717, 1.165) is 6.42 Å². The summed E-state index contributed by atoms with van der Waals surface area (Å²) in [6, 6.07) is 61.4. The molecule has 2 aliphatic rings. The average Bonchev–Trinajstić information content (AvgIpc) is 3.73. The van der Waals surface area contributed by atoms with Gasteiger partial charge < -0.3 is 4.57 Å². The van der Waals surface area contributed by atoms with Gasteiger partial charge in [0.1, 0.15) is 0 Å². The molecule has 0 saturated heterocycles. The van der Waals surface area contributed by atoms with Gasteiger partial charge in [0, 0.05) is 16.5 Å². The maximum atomic E-state index is 2.50. The van der Waals surface area contributed by atoms with Crippen molar-refractivity contribution in [2.45, 2.75) is 11.8 Å². The second-order valence-corrected chi connectivity index (χ2v) is 13.3. The van der Waals surface area contributed by atoms with E-state index < -0.39 is 0 Å². The lowest BCUT2D eigenvalue weighted by Crippen LogP contribution is -2.26. The van der Waals surface area contributed by atoms with Crippen LogP contribution in [0.2, 0.25) is 0 Å². The van der Waals surface area contributed by atoms with Crippen molar-refractivity contribution in [3.63, 3.8) is 0 Å². The predicted molar refractivity (Wildman–Crippen MR) is 196 cm³/mol. The molecule has 0 atom stereocenters. The molecule has 1 heteroatoms. The summed E-state index contributed by atoms with van der Waals surface area (Å²) in [4.78, 5) is 0. The van der Waals surface area contributed by atoms with Gasteiger partial charge in [-0.15, -0.1) is 0 Å². The van der Waals surface area contributed by atoms with Gasteiger partial charge in [0.25, 0.3) is 0 Å². The van der Waals surface area contributed by atoms with Crippen LogP contribution in [0.4, 0.5) is 0 Å². The third kappa shape index (κ3) is 3.19. The van der Waals surface area contributed by atoms with E-state index in [-0.39, 0.29) is 5.41 Å². The molecule has 47 heavy (non-hydrogen) atoms. The van der Waals surface area contributed by atoms with Gasteiger partial charge in [-0.25, -0.2) is 0 Å². The summed E-state index contributed by atoms with van der Waals surface area (Å²) in [7, 11) is 0. The monoisotopic (exact) mass is 595 g/mol. The topological polar surface area (TPSA) is 4.93 Å². The van der Waals surface area contributed by atoms with Gasteiger partial charge in [0.05, 0.1) is 16.4 Å². The summed E-state index contributed by atoms with van der Waals surface area (Å²) in [5.41, 5.74) is 14.2. The number of benzene rings is 8. The molecule has 0 aliphatic heterocycles. The standard InChI is InChI=1S/C46H29N/c1-2-10-29(11-3-1)26-30-20-25-43-37(27-30)36-15-5-7-19-42(36)47(43)33-23-24-35-34-14-4-6-16-38(34)46(41(35)28-33)39-17-8-12-31-21-22-32-13-9-18-40(46)45(32)44(31)39/h1-25,27-28H,26H2. The van der Waals surface area contributed by atoms with E-state index in [2.05, 4.69) is 168 Å². The summed E-state index contributed by atoms with van der Waals surface area (Å²) in [6.07, 6.45) is 0.924. The van der Waals surface area contributed by atoms with Gasteiger partial charge in [-0.3, -0.25) is 0 Å². The normalized spacial score (nSPS) is 13.8. The van der Waals surface area contributed by atoms with Crippen LogP contribution in [0, 0.1) is 0 Å². The SMILES string of the molecule is c1ccc(Cc2ccc3c(c2)c2ccccc2n3-c2ccc3c(c2)C2(c4ccccc4-3)c3cccc4ccc5cccc2c5c34)cc1. The fourth-order valence-corrected chi connectivity index (χ4v) is 9.15. The quantitative estimate of drug-likeness (QED) is 0.179. The first-order chi connectivity index (χ1) is 23.3. The molecule has 1 nitrogen and oxygen atoms in total. The van der Waals surface area contributed by atoms with Crippen molar-refractivity contribution in [3.8, 4) is 16.8 Å². The minimum absolute atomic E-state index is 0.369. The van der Waals surface area contributed by atoms with Crippen LogP contribution in [-0.4, -0.2) is 4.57 Å². The molecule has 0 N–H and O–H groups in total. The van der Waals surface area contributed by atoms with Gasteiger partial charge in [-0.05, 0) is 103 Å². The van der Waals surface area contributed by atoms with E-state index in [1.807, 2.05) is 0 Å². The molecule has 0 bridgehead atoms. The lowest BCUT2D eigenvalue weighted by Gasteiger charge is -2.31. The molecule has 8 aromatic carbocycles. The molecule has 0 unspecified atom stereocenters. The summed E-state index contributed by atoms with van der Waals surface area (Å²) in [5, 5.41) is 8.02. The molecule has 0 fully saturated rings. The third-order valence-corrected chi connectivity index (χ3v) is 11.0. The summed E-state index contributed by atoms with van der Waals surface area (Å²) < 4.78 is 2.48. The van der Waals surface area contributed by atoms with Crippen molar-refractivity contribution in [3.05, 3.63) is 197 Å². The van der Waals surface area contributed by atoms with Crippen LogP contribution in [0.1, 0.15) is 33.4 Å². The third-order valence-electron chi connectivity index (χ3n) is 11.0. The Labute approximate surface area is 273 Å². The Morgan fingerprint density at radius 3 is 1.87 bits per heavy atom. The van der Waals surface area contributed by atoms with Gasteiger partial charge in [-0.2, -0.15) is 0 Å². The zero-order chi connectivity index (χ0) is 30.7. The van der Waals surface area contributed by atoms with Crippen LogP contribution >= 0.6 is 0 Å². The van der Waals surface area contributed by atoms with Crippen LogP contribution in [0.3, 0.4) is 0 Å². The molecule has 218 valence electrons. The molecule has 1 aromatic heterocycles. The van der Waals surface area contributed by atoms with Crippen LogP contribution < -0.4 is 0 Å². The number of hydrogen-bond acceptors (Lipinski definition) is 0. The first-order valence-corrected chi connectivity index (χ1v) is 16.6. The highest BCUT2D eigenvalue weighted by Gasteiger charge is 2.50. The van der Waals surface area contributed by atoms with E-state index in [0.29, 0.717) is 0 Å². The Morgan fingerprint density at radius 2 is 1.06 bits per heavy atom. The molecule has 1 spiro atoms. The number of hydrogen-bond donors (Lipinski definition) is 0. The number of para-hydroxylation sites is 1. The van der Waals surface area contributed by atoms with Crippen molar-refractivity contribution in [2.75, 3.05) is 0 Å². The van der Waals surface area contributed by atoms with Crippen LogP contribution in [0.25, 0.3) is 60.2 Å². The van der Waals surface area contributed by atoms with Crippen molar-refractivity contribution < 1.29 is 0 Å². The van der Waals surface area contributed by atoms with Crippen molar-refractivity contribution in [1.29, 1.82) is 0 Å². The molecular formula is C46H29N. The van der Waals surface area contributed by atoms with Crippen LogP contribution in [0.5, 0.6) is 0 Å². The number of nitrogens with zero attached hydrogens (tertiary/aromatic N) is 1. The van der Waals surface area contributed by atoms with Crippen LogP contribution in [0.15, 0.2) is 164 Å². The van der Waals surface area contributed by atoms with E-state index in [1.165, 1.54) is 93.5 Å². The van der Waals surface area contributed by atoms with Gasteiger partial charge in [0.2, 0.25) is 0 Å². The Hall–Kier alpha value is -5.92. The van der Waals surface area contributed by atoms with E-state index >= 15 is 0 Å². The highest BCUT2D eigenvalue weighted by Crippen LogP contribution is 2.62. The molecule has 2 aliphatic carbocycles. The lowest BCUT2D eigenvalue weighted by atomic mass is 9.70. The predicted octanol–water partition coefficient (Wildman–Crippen LogP) is 11.4. The largest absolute Gasteiger partial charge is 0.309 e. The average molecular weight is 596 g/mol. The van der Waals surface area contributed by atoms with Crippen molar-refractivity contribution >= 4 is 43.4 Å². The zero-order valence-electron chi connectivity index (χ0n) is 25.7. The molecule has 0 amide bonds. The zero-order valence-corrected chi connectivity index (χ0v) is 25.7. The van der Waals surface area contributed by atoms with E-state index in [9.17, 15) is 0 Å². The minimum atomic E-state index is -0.369. The number of rotatable bonds is 3. The first-order valence-electron chi connectivity index (χ1n) is 16.6. The maximum Gasteiger partial charge on any atom is 0.0726 e. The van der Waals surface area contributed by atoms with Crippen molar-refractivity contribution in [1.82, 2.24) is 4.57 Å². The highest BCUT2D eigenvalue weighted by atomic mass is 15.0. The second kappa shape index (κ2) is 9.09. The minimum Gasteiger partial charge on any atom is -0.309 e.